The number of oxazole rings is 1. The lowest BCUT2D eigenvalue weighted by molar-refractivity contribution is -0.384. The van der Waals surface area contributed by atoms with E-state index in [0.29, 0.717) is 11.9 Å². The number of carbonyl (C=O) groups is 1. The fourth-order valence-corrected chi connectivity index (χ4v) is 3.24. The Morgan fingerprint density at radius 1 is 1.29 bits per heavy atom. The van der Waals surface area contributed by atoms with Crippen molar-refractivity contribution in [2.75, 3.05) is 0 Å². The van der Waals surface area contributed by atoms with E-state index in [-0.39, 0.29) is 36.2 Å². The average Bonchev–Trinajstić information content (AvgIpc) is 2.96. The van der Waals surface area contributed by atoms with Gasteiger partial charge >= 0.3 is 5.76 Å². The van der Waals surface area contributed by atoms with Crippen LogP contribution >= 0.6 is 0 Å². The van der Waals surface area contributed by atoms with Crippen LogP contribution in [0.4, 0.5) is 5.69 Å². The van der Waals surface area contributed by atoms with Crippen molar-refractivity contribution < 1.29 is 14.1 Å². The van der Waals surface area contributed by atoms with E-state index in [0.717, 1.165) is 11.1 Å². The Balaban J connectivity index is 1.61. The van der Waals surface area contributed by atoms with E-state index in [4.69, 9.17) is 4.42 Å². The molecule has 3 aromatic rings. The van der Waals surface area contributed by atoms with E-state index in [1.54, 1.807) is 0 Å². The van der Waals surface area contributed by atoms with Gasteiger partial charge in [-0.25, -0.2) is 4.79 Å². The second-order valence-electron chi connectivity index (χ2n) is 6.68. The van der Waals surface area contributed by atoms with Crippen LogP contribution in [0.2, 0.25) is 0 Å². The molecule has 0 aliphatic rings. The third-order valence-corrected chi connectivity index (χ3v) is 4.68. The van der Waals surface area contributed by atoms with Gasteiger partial charge in [0.15, 0.2) is 5.58 Å². The molecule has 0 radical (unpaired) electrons. The van der Waals surface area contributed by atoms with Crippen LogP contribution in [0.15, 0.2) is 51.7 Å². The molecule has 1 unspecified atom stereocenters. The molecule has 146 valence electrons. The largest absolute Gasteiger partial charge is 0.419 e. The highest BCUT2D eigenvalue weighted by Gasteiger charge is 2.15. The van der Waals surface area contributed by atoms with Crippen molar-refractivity contribution in [1.29, 1.82) is 0 Å². The molecule has 0 aliphatic heterocycles. The Morgan fingerprint density at radius 2 is 2.04 bits per heavy atom. The molecule has 1 aromatic heterocycles. The molecule has 28 heavy (non-hydrogen) atoms. The van der Waals surface area contributed by atoms with Gasteiger partial charge in [-0.05, 0) is 37.5 Å². The molecule has 2 aromatic carbocycles. The molecule has 1 atom stereocenters. The Kier molecular flexibility index (Phi) is 5.58. The molecule has 1 heterocycles. The summed E-state index contributed by atoms with van der Waals surface area (Å²) in [5, 5.41) is 13.8. The summed E-state index contributed by atoms with van der Waals surface area (Å²) >= 11 is 0. The van der Waals surface area contributed by atoms with Crippen molar-refractivity contribution in [3.05, 3.63) is 74.3 Å². The number of fused-ring (bicyclic) bond motifs is 1. The molecule has 0 saturated heterocycles. The summed E-state index contributed by atoms with van der Waals surface area (Å²) in [5.41, 5.74) is 2.68. The summed E-state index contributed by atoms with van der Waals surface area (Å²) in [5.74, 6) is -0.698. The first-order chi connectivity index (χ1) is 13.4. The van der Waals surface area contributed by atoms with E-state index in [1.165, 1.54) is 22.8 Å². The quantitative estimate of drug-likeness (QED) is 0.496. The molecule has 3 rings (SSSR count). The smallest absolute Gasteiger partial charge is 0.407 e. The summed E-state index contributed by atoms with van der Waals surface area (Å²) in [6.45, 7) is 4.22. The van der Waals surface area contributed by atoms with E-state index in [2.05, 4.69) is 5.32 Å². The molecule has 0 spiro atoms. The van der Waals surface area contributed by atoms with Crippen LogP contribution in [-0.2, 0) is 11.3 Å². The second-order valence-corrected chi connectivity index (χ2v) is 6.68. The highest BCUT2D eigenvalue weighted by atomic mass is 16.6. The zero-order valence-corrected chi connectivity index (χ0v) is 15.7. The van der Waals surface area contributed by atoms with Crippen LogP contribution in [-0.4, -0.2) is 15.4 Å². The fourth-order valence-electron chi connectivity index (χ4n) is 3.24. The standard InChI is InChI=1S/C20H21N3O5/c1-13-6-3-4-7-16(13)14(2)21-19(24)8-5-11-22-17-10-9-15(23(26)27)12-18(17)28-20(22)25/h3-4,6-7,9-10,12,14H,5,8,11H2,1-2H3,(H,21,24). The topological polar surface area (TPSA) is 107 Å². The SMILES string of the molecule is Cc1ccccc1C(C)NC(=O)CCCn1c(=O)oc2cc([N+](=O)[O-])ccc21. The van der Waals surface area contributed by atoms with Crippen LogP contribution in [0.25, 0.3) is 11.1 Å². The minimum absolute atomic E-state index is 0.104. The van der Waals surface area contributed by atoms with Gasteiger partial charge in [0.1, 0.15) is 0 Å². The molecule has 0 bridgehead atoms. The van der Waals surface area contributed by atoms with Crippen molar-refractivity contribution in [2.45, 2.75) is 39.3 Å². The molecule has 1 amide bonds. The lowest BCUT2D eigenvalue weighted by atomic mass is 10.0. The van der Waals surface area contributed by atoms with E-state index in [1.807, 2.05) is 38.1 Å². The van der Waals surface area contributed by atoms with Crippen molar-refractivity contribution >= 4 is 22.7 Å². The van der Waals surface area contributed by atoms with Crippen molar-refractivity contribution in [1.82, 2.24) is 9.88 Å². The van der Waals surface area contributed by atoms with Gasteiger partial charge < -0.3 is 9.73 Å². The first-order valence-electron chi connectivity index (χ1n) is 8.99. The van der Waals surface area contributed by atoms with Gasteiger partial charge in [0.25, 0.3) is 5.69 Å². The van der Waals surface area contributed by atoms with Gasteiger partial charge in [-0.3, -0.25) is 19.5 Å². The highest BCUT2D eigenvalue weighted by molar-refractivity contribution is 5.77. The number of nitro benzene ring substituents is 1. The number of non-ortho nitro benzene ring substituents is 1. The summed E-state index contributed by atoms with van der Waals surface area (Å²) in [4.78, 5) is 34.5. The molecular weight excluding hydrogens is 362 g/mol. The summed E-state index contributed by atoms with van der Waals surface area (Å²) in [7, 11) is 0. The number of carbonyl (C=O) groups excluding carboxylic acids is 1. The monoisotopic (exact) mass is 383 g/mol. The molecule has 8 nitrogen and oxygen atoms in total. The van der Waals surface area contributed by atoms with E-state index in [9.17, 15) is 19.7 Å². The number of nitro groups is 1. The van der Waals surface area contributed by atoms with Crippen LogP contribution in [0.1, 0.15) is 36.9 Å². The second kappa shape index (κ2) is 8.08. The molecular formula is C20H21N3O5. The van der Waals surface area contributed by atoms with Crippen LogP contribution in [0, 0.1) is 17.0 Å². The van der Waals surface area contributed by atoms with E-state index >= 15 is 0 Å². The average molecular weight is 383 g/mol. The number of rotatable bonds is 7. The minimum atomic E-state index is -0.593. The lowest BCUT2D eigenvalue weighted by Crippen LogP contribution is -2.27. The summed E-state index contributed by atoms with van der Waals surface area (Å²) < 4.78 is 6.47. The Morgan fingerprint density at radius 3 is 2.75 bits per heavy atom. The minimum Gasteiger partial charge on any atom is -0.407 e. The summed E-state index contributed by atoms with van der Waals surface area (Å²) in [6.07, 6.45) is 0.695. The molecule has 0 saturated carbocycles. The Bertz CT molecular complexity index is 1080. The zero-order chi connectivity index (χ0) is 20.3. The van der Waals surface area contributed by atoms with Gasteiger partial charge in [0, 0.05) is 19.0 Å². The lowest BCUT2D eigenvalue weighted by Gasteiger charge is -2.16. The number of hydrogen-bond donors (Lipinski definition) is 1. The van der Waals surface area contributed by atoms with Gasteiger partial charge in [0.05, 0.1) is 22.5 Å². The maximum absolute atomic E-state index is 12.2. The molecule has 0 fully saturated rings. The van der Waals surface area contributed by atoms with Crippen molar-refractivity contribution in [3.8, 4) is 0 Å². The van der Waals surface area contributed by atoms with Crippen LogP contribution < -0.4 is 11.1 Å². The van der Waals surface area contributed by atoms with Gasteiger partial charge in [-0.2, -0.15) is 0 Å². The zero-order valence-electron chi connectivity index (χ0n) is 15.7. The number of nitrogens with zero attached hydrogens (tertiary/aromatic N) is 2. The van der Waals surface area contributed by atoms with Crippen LogP contribution in [0.5, 0.6) is 0 Å². The summed E-state index contributed by atoms with van der Waals surface area (Å²) in [6, 6.07) is 11.8. The molecule has 8 heteroatoms. The predicted molar refractivity (Wildman–Crippen MR) is 104 cm³/mol. The Hall–Kier alpha value is -3.42. The maximum atomic E-state index is 12.2. The fraction of sp³-hybridized carbons (Fsp3) is 0.300. The third kappa shape index (κ3) is 4.11. The number of hydrogen-bond acceptors (Lipinski definition) is 5. The molecule has 1 N–H and O–H groups in total. The van der Waals surface area contributed by atoms with E-state index < -0.39 is 10.7 Å². The first-order valence-corrected chi connectivity index (χ1v) is 8.99. The Labute approximate surface area is 160 Å². The van der Waals surface area contributed by atoms with Gasteiger partial charge in [-0.15, -0.1) is 0 Å². The third-order valence-electron chi connectivity index (χ3n) is 4.68. The van der Waals surface area contributed by atoms with Gasteiger partial charge in [0.2, 0.25) is 5.91 Å². The molecule has 0 aliphatic carbocycles. The number of benzene rings is 2. The number of aryl methyl sites for hydroxylation is 2. The number of aromatic nitrogens is 1. The predicted octanol–water partition coefficient (Wildman–Crippen LogP) is 3.47. The van der Waals surface area contributed by atoms with Gasteiger partial charge in [-0.1, -0.05) is 24.3 Å². The first kappa shape index (κ1) is 19.3. The maximum Gasteiger partial charge on any atom is 0.419 e. The van der Waals surface area contributed by atoms with Crippen LogP contribution in [0.3, 0.4) is 0 Å². The van der Waals surface area contributed by atoms with Crippen molar-refractivity contribution in [3.63, 3.8) is 0 Å². The number of nitrogens with one attached hydrogen (secondary N) is 1. The number of amides is 1. The van der Waals surface area contributed by atoms with Crippen molar-refractivity contribution in [2.24, 2.45) is 0 Å². The normalized spacial score (nSPS) is 12.1. The highest BCUT2D eigenvalue weighted by Crippen LogP contribution is 2.20.